The number of likely N-dealkylation sites (tertiary alicyclic amines) is 1. The van der Waals surface area contributed by atoms with Crippen molar-refractivity contribution in [1.82, 2.24) is 10.1 Å². The van der Waals surface area contributed by atoms with Gasteiger partial charge in [0.2, 0.25) is 10.0 Å². The van der Waals surface area contributed by atoms with Gasteiger partial charge in [0.1, 0.15) is 11.4 Å². The number of carboxylic acid groups (broad SMARTS) is 1. The summed E-state index contributed by atoms with van der Waals surface area (Å²) in [4.78, 5) is 15.8. The molecule has 0 saturated carbocycles. The molecule has 1 aliphatic rings. The monoisotopic (exact) mass is 546 g/mol. The van der Waals surface area contributed by atoms with Gasteiger partial charge in [0.15, 0.2) is 5.76 Å². The molecular formula is C26H31ClN4O5S. The van der Waals surface area contributed by atoms with E-state index in [1.54, 1.807) is 62.4 Å². The van der Waals surface area contributed by atoms with E-state index < -0.39 is 27.4 Å². The summed E-state index contributed by atoms with van der Waals surface area (Å²) in [5.74, 6) is 0.264. The molecule has 0 spiro atoms. The van der Waals surface area contributed by atoms with Crippen LogP contribution in [-0.2, 0) is 10.0 Å². The van der Waals surface area contributed by atoms with Gasteiger partial charge in [-0.3, -0.25) is 9.62 Å². The highest BCUT2D eigenvalue weighted by molar-refractivity contribution is 7.93. The molecule has 1 aliphatic heterocycles. The standard InChI is InChI=1S/C26H31ClN4O5S/c1-4-30-15-13-21(14-16-30)37(34,35)29-20-11-9-19(10-12-20)25-24(17(2)28-36-25)31(26(32)33)18(3)22-7-5-6-8-23(22)27/h5-12,18,21,29H,4,13-16H2,1-3H3,(H,32,33). The van der Waals surface area contributed by atoms with E-state index in [2.05, 4.69) is 21.7 Å². The first-order valence-electron chi connectivity index (χ1n) is 12.2. The molecular weight excluding hydrogens is 516 g/mol. The molecule has 1 fully saturated rings. The first-order valence-corrected chi connectivity index (χ1v) is 14.1. The van der Waals surface area contributed by atoms with Crippen LogP contribution in [0.1, 0.15) is 44.0 Å². The van der Waals surface area contributed by atoms with Crippen molar-refractivity contribution in [2.24, 2.45) is 0 Å². The third-order valence-corrected chi connectivity index (χ3v) is 9.06. The molecule has 4 rings (SSSR count). The van der Waals surface area contributed by atoms with E-state index in [0.717, 1.165) is 19.6 Å². The number of sulfonamides is 1. The van der Waals surface area contributed by atoms with Gasteiger partial charge in [0, 0.05) is 16.3 Å². The third kappa shape index (κ3) is 5.76. The molecule has 37 heavy (non-hydrogen) atoms. The number of hydrogen-bond acceptors (Lipinski definition) is 6. The number of amides is 1. The van der Waals surface area contributed by atoms with E-state index >= 15 is 0 Å². The Morgan fingerprint density at radius 2 is 1.86 bits per heavy atom. The first-order chi connectivity index (χ1) is 17.6. The van der Waals surface area contributed by atoms with E-state index in [1.807, 2.05) is 0 Å². The van der Waals surface area contributed by atoms with Gasteiger partial charge in [-0.25, -0.2) is 13.2 Å². The minimum absolute atomic E-state index is 0.264. The predicted octanol–water partition coefficient (Wildman–Crippen LogP) is 5.78. The van der Waals surface area contributed by atoms with Gasteiger partial charge in [-0.15, -0.1) is 0 Å². The maximum atomic E-state index is 12.9. The van der Waals surface area contributed by atoms with Crippen LogP contribution in [0.3, 0.4) is 0 Å². The topological polar surface area (TPSA) is 116 Å². The number of anilines is 2. The van der Waals surface area contributed by atoms with Crippen molar-refractivity contribution < 1.29 is 22.8 Å². The summed E-state index contributed by atoms with van der Waals surface area (Å²) in [6, 6.07) is 13.1. The largest absolute Gasteiger partial charge is 0.465 e. The van der Waals surface area contributed by atoms with Crippen molar-refractivity contribution >= 4 is 39.1 Å². The molecule has 0 aliphatic carbocycles. The van der Waals surface area contributed by atoms with Crippen LogP contribution in [0.25, 0.3) is 11.3 Å². The average molecular weight is 547 g/mol. The zero-order valence-electron chi connectivity index (χ0n) is 21.0. The quantitative estimate of drug-likeness (QED) is 0.368. The number of hydrogen-bond donors (Lipinski definition) is 2. The Labute approximate surface area is 222 Å². The molecule has 2 N–H and O–H groups in total. The van der Waals surface area contributed by atoms with Crippen molar-refractivity contribution in [1.29, 1.82) is 0 Å². The first kappa shape index (κ1) is 27.0. The SMILES string of the molecule is CCN1CCC(S(=O)(=O)Nc2ccc(-c3onc(C)c3N(C(=O)O)C(C)c3ccccc3Cl)cc2)CC1. The van der Waals surface area contributed by atoms with Gasteiger partial charge in [-0.2, -0.15) is 0 Å². The molecule has 2 heterocycles. The fourth-order valence-corrected chi connectivity index (χ4v) is 6.48. The van der Waals surface area contributed by atoms with E-state index in [4.69, 9.17) is 16.1 Å². The number of rotatable bonds is 8. The van der Waals surface area contributed by atoms with Gasteiger partial charge in [-0.1, -0.05) is 41.9 Å². The number of aromatic nitrogens is 1. The van der Waals surface area contributed by atoms with Crippen LogP contribution in [0.15, 0.2) is 53.1 Å². The van der Waals surface area contributed by atoms with Crippen LogP contribution in [0, 0.1) is 6.92 Å². The van der Waals surface area contributed by atoms with Crippen molar-refractivity contribution in [3.63, 3.8) is 0 Å². The minimum atomic E-state index is -3.53. The molecule has 9 nitrogen and oxygen atoms in total. The molecule has 1 saturated heterocycles. The normalized spacial score (nSPS) is 15.9. The van der Waals surface area contributed by atoms with Crippen LogP contribution < -0.4 is 9.62 Å². The number of piperidine rings is 1. The maximum absolute atomic E-state index is 12.9. The highest BCUT2D eigenvalue weighted by Gasteiger charge is 2.32. The van der Waals surface area contributed by atoms with E-state index in [-0.39, 0.29) is 5.76 Å². The molecule has 1 aromatic heterocycles. The van der Waals surface area contributed by atoms with Gasteiger partial charge in [0.05, 0.1) is 11.3 Å². The van der Waals surface area contributed by atoms with Gasteiger partial charge in [0.25, 0.3) is 0 Å². The summed E-state index contributed by atoms with van der Waals surface area (Å²) in [7, 11) is -3.53. The minimum Gasteiger partial charge on any atom is -0.465 e. The summed E-state index contributed by atoms with van der Waals surface area (Å²) in [6.07, 6.45) is 0.00572. The Morgan fingerprint density at radius 1 is 1.22 bits per heavy atom. The summed E-state index contributed by atoms with van der Waals surface area (Å²) in [6.45, 7) is 7.94. The highest BCUT2D eigenvalue weighted by Crippen LogP contribution is 2.40. The summed E-state index contributed by atoms with van der Waals surface area (Å²) >= 11 is 6.35. The lowest BCUT2D eigenvalue weighted by Gasteiger charge is -2.30. The molecule has 0 bridgehead atoms. The Hall–Kier alpha value is -3.08. The maximum Gasteiger partial charge on any atom is 0.412 e. The van der Waals surface area contributed by atoms with Crippen LogP contribution in [0.5, 0.6) is 0 Å². The predicted molar refractivity (Wildman–Crippen MR) is 145 cm³/mol. The number of nitrogens with zero attached hydrogens (tertiary/aromatic N) is 3. The van der Waals surface area contributed by atoms with Gasteiger partial charge >= 0.3 is 6.09 Å². The zero-order valence-corrected chi connectivity index (χ0v) is 22.6. The van der Waals surface area contributed by atoms with E-state index in [0.29, 0.717) is 46.1 Å². The Bertz CT molecular complexity index is 1350. The lowest BCUT2D eigenvalue weighted by molar-refractivity contribution is 0.199. The molecule has 1 unspecified atom stereocenters. The van der Waals surface area contributed by atoms with Crippen molar-refractivity contribution in [3.05, 3.63) is 64.8 Å². The number of halogens is 1. The molecule has 1 atom stereocenters. The van der Waals surface area contributed by atoms with Gasteiger partial charge < -0.3 is 14.5 Å². The zero-order chi connectivity index (χ0) is 26.7. The molecule has 2 aromatic carbocycles. The Morgan fingerprint density at radius 3 is 2.46 bits per heavy atom. The molecule has 198 valence electrons. The van der Waals surface area contributed by atoms with Crippen LogP contribution in [0.4, 0.5) is 16.2 Å². The van der Waals surface area contributed by atoms with Crippen LogP contribution >= 0.6 is 11.6 Å². The number of benzene rings is 2. The average Bonchev–Trinajstić information content (AvgIpc) is 3.25. The van der Waals surface area contributed by atoms with Crippen molar-refractivity contribution in [2.45, 2.75) is 44.9 Å². The van der Waals surface area contributed by atoms with Crippen LogP contribution in [0.2, 0.25) is 5.02 Å². The second-order valence-corrected chi connectivity index (χ2v) is 11.5. The van der Waals surface area contributed by atoms with Crippen LogP contribution in [-0.4, -0.2) is 54.6 Å². The molecule has 1 amide bonds. The smallest absolute Gasteiger partial charge is 0.412 e. The number of nitrogens with one attached hydrogen (secondary N) is 1. The number of carbonyl (C=O) groups is 1. The fourth-order valence-electron chi connectivity index (χ4n) is 4.72. The molecule has 3 aromatic rings. The number of aryl methyl sites for hydroxylation is 1. The Kier molecular flexibility index (Phi) is 8.11. The second-order valence-electron chi connectivity index (χ2n) is 9.15. The Balaban J connectivity index is 1.58. The summed E-state index contributed by atoms with van der Waals surface area (Å²) < 4.78 is 34.1. The van der Waals surface area contributed by atoms with Gasteiger partial charge in [-0.05, 0) is 82.2 Å². The van der Waals surface area contributed by atoms with Crippen molar-refractivity contribution in [2.75, 3.05) is 29.3 Å². The lowest BCUT2D eigenvalue weighted by Crippen LogP contribution is -2.41. The lowest BCUT2D eigenvalue weighted by atomic mass is 10.0. The fraction of sp³-hybridized carbons (Fsp3) is 0.385. The highest BCUT2D eigenvalue weighted by atomic mass is 35.5. The molecule has 0 radical (unpaired) electrons. The molecule has 11 heteroatoms. The third-order valence-electron chi connectivity index (χ3n) is 6.85. The summed E-state index contributed by atoms with van der Waals surface area (Å²) in [5.41, 5.74) is 2.34. The van der Waals surface area contributed by atoms with E-state index in [9.17, 15) is 18.3 Å². The van der Waals surface area contributed by atoms with E-state index in [1.165, 1.54) is 4.90 Å². The second kappa shape index (κ2) is 11.1. The van der Waals surface area contributed by atoms with Crippen molar-refractivity contribution in [3.8, 4) is 11.3 Å². The summed E-state index contributed by atoms with van der Waals surface area (Å²) in [5, 5.41) is 14.2.